The van der Waals surface area contributed by atoms with E-state index in [4.69, 9.17) is 0 Å². The fraction of sp³-hybridized carbons (Fsp3) is 1.00. The van der Waals surface area contributed by atoms with Crippen LogP contribution in [0.4, 0.5) is 0 Å². The molecular weight excluding hydrogens is 1260 g/mol. The second-order valence-electron chi connectivity index (χ2n) is 48.6. The molecular formula is C105H188. The van der Waals surface area contributed by atoms with Crippen molar-refractivity contribution in [2.75, 3.05) is 0 Å². The van der Waals surface area contributed by atoms with Gasteiger partial charge < -0.3 is 0 Å². The summed E-state index contributed by atoms with van der Waals surface area (Å²) in [7, 11) is 0. The maximum Gasteiger partial charge on any atom is -0.0295 e. The quantitative estimate of drug-likeness (QED) is 0.259. The summed E-state index contributed by atoms with van der Waals surface area (Å²) >= 11 is 0. The molecule has 0 N–H and O–H groups in total. The first kappa shape index (κ1) is 84.4. The third-order valence-corrected chi connectivity index (χ3v) is 42.1. The zero-order valence-electron chi connectivity index (χ0n) is 75.0. The lowest BCUT2D eigenvalue weighted by Gasteiger charge is -2.55. The minimum absolute atomic E-state index is 0.654. The van der Waals surface area contributed by atoms with Crippen LogP contribution in [-0.4, -0.2) is 0 Å². The molecule has 0 radical (unpaired) electrons. The molecule has 22 bridgehead atoms. The second kappa shape index (κ2) is 36.0. The summed E-state index contributed by atoms with van der Waals surface area (Å²) in [5, 5.41) is 0. The highest BCUT2D eigenvalue weighted by molar-refractivity contribution is 5.03. The van der Waals surface area contributed by atoms with Crippen molar-refractivity contribution in [1.82, 2.24) is 0 Å². The van der Waals surface area contributed by atoms with Gasteiger partial charge in [0.25, 0.3) is 0 Å². The average molecular weight is 1450 g/mol. The summed E-state index contributed by atoms with van der Waals surface area (Å²) in [5.74, 6) is 32.5. The lowest BCUT2D eigenvalue weighted by atomic mass is 9.50. The van der Waals surface area contributed by atoms with Crippen LogP contribution in [0.1, 0.15) is 453 Å². The van der Waals surface area contributed by atoms with E-state index < -0.39 is 0 Å². The van der Waals surface area contributed by atoms with Crippen LogP contribution in [0.25, 0.3) is 0 Å². The van der Waals surface area contributed by atoms with Crippen LogP contribution in [0.3, 0.4) is 0 Å². The molecule has 17 unspecified atom stereocenters. The molecule has 0 spiro atoms. The van der Waals surface area contributed by atoms with E-state index in [-0.39, 0.29) is 0 Å². The van der Waals surface area contributed by atoms with E-state index in [2.05, 4.69) is 138 Å². The highest BCUT2D eigenvalue weighted by atomic mass is 14.6. The topological polar surface area (TPSA) is 0 Å². The van der Waals surface area contributed by atoms with E-state index in [1.54, 1.807) is 116 Å². The van der Waals surface area contributed by atoms with Crippen LogP contribution < -0.4 is 0 Å². The molecule has 27 saturated carbocycles. The summed E-state index contributed by atoms with van der Waals surface area (Å²) < 4.78 is 0. The van der Waals surface area contributed by atoms with Gasteiger partial charge in [-0.3, -0.25) is 0 Å². The van der Waals surface area contributed by atoms with Gasteiger partial charge in [0.2, 0.25) is 0 Å². The first-order chi connectivity index (χ1) is 49.9. The Hall–Kier alpha value is 0. The van der Waals surface area contributed by atoms with Crippen LogP contribution >= 0.6 is 0 Å². The van der Waals surface area contributed by atoms with E-state index in [0.717, 1.165) is 199 Å². The average Bonchev–Trinajstić information content (AvgIpc) is 1.73. The molecule has 0 aromatic rings. The van der Waals surface area contributed by atoms with Crippen LogP contribution in [0.2, 0.25) is 0 Å². The van der Waals surface area contributed by atoms with Crippen molar-refractivity contribution in [1.29, 1.82) is 0 Å². The van der Waals surface area contributed by atoms with E-state index >= 15 is 0 Å². The van der Waals surface area contributed by atoms with Crippen LogP contribution in [0, 0.1) is 210 Å². The Morgan fingerprint density at radius 1 is 0.248 bits per heavy atom. The van der Waals surface area contributed by atoms with E-state index in [9.17, 15) is 0 Å². The molecule has 0 nitrogen and oxygen atoms in total. The Morgan fingerprint density at radius 2 is 0.648 bits per heavy atom. The Bertz CT molecular complexity index is 2460. The predicted octanol–water partition coefficient (Wildman–Crippen LogP) is 33.1. The molecule has 0 heteroatoms. The summed E-state index contributed by atoms with van der Waals surface area (Å²) in [6.45, 7) is 49.0. The Balaban J connectivity index is 0.000000109. The molecule has 0 heterocycles. The minimum atomic E-state index is 0.654. The lowest BCUT2D eigenvalue weighted by Crippen LogP contribution is -2.44. The maximum atomic E-state index is 2.54. The maximum absolute atomic E-state index is 2.54. The summed E-state index contributed by atoms with van der Waals surface area (Å²) in [5.41, 5.74) is 4.41. The van der Waals surface area contributed by atoms with Crippen molar-refractivity contribution in [3.63, 3.8) is 0 Å². The van der Waals surface area contributed by atoms with Crippen molar-refractivity contribution >= 4 is 0 Å². The molecule has 27 aliphatic rings. The molecule has 27 aliphatic carbocycles. The molecule has 105 heavy (non-hydrogen) atoms. The van der Waals surface area contributed by atoms with Crippen molar-refractivity contribution in [3.8, 4) is 0 Å². The van der Waals surface area contributed by atoms with Gasteiger partial charge in [0.05, 0.1) is 0 Å². The van der Waals surface area contributed by atoms with Crippen molar-refractivity contribution < 1.29 is 0 Å². The van der Waals surface area contributed by atoms with Gasteiger partial charge in [-0.2, -0.15) is 0 Å². The molecule has 27 fully saturated rings. The third-order valence-electron chi connectivity index (χ3n) is 42.1. The van der Waals surface area contributed by atoms with Crippen molar-refractivity contribution in [3.05, 3.63) is 0 Å². The van der Waals surface area contributed by atoms with Gasteiger partial charge in [-0.05, 0) is 460 Å². The Labute approximate surface area is 659 Å². The summed E-state index contributed by atoms with van der Waals surface area (Å²) in [6.07, 6.45) is 75.1. The van der Waals surface area contributed by atoms with E-state index in [1.807, 2.05) is 0 Å². The van der Waals surface area contributed by atoms with Gasteiger partial charge in [0, 0.05) is 0 Å². The SMILES string of the molecule is CC12CC3CC(CC(C3)C1)C2.CC1C2CCC(C2)C1(C)C.CC1C2CCC(C2)C1C.CC1C2CCC(CC2)[C@H]1C.CC1CC2CCC1(C)C2.CC1CC2CCC1C2.CCC1CC2CCC1(C)C2.CCC1CCCCC1.C[C@@H]1C2CCC(CC2)C1(C)C.C[C@H]1CC2CCC1(C)CC2.C[C@H]1CC2CCC1CC2. The van der Waals surface area contributed by atoms with Gasteiger partial charge >= 0.3 is 0 Å². The van der Waals surface area contributed by atoms with Gasteiger partial charge in [-0.1, -0.05) is 203 Å². The largest absolute Gasteiger partial charge is 0.0651 e. The molecule has 21 atom stereocenters. The molecule has 0 aromatic heterocycles. The fourth-order valence-electron chi connectivity index (χ4n) is 32.8. The number of hydrogen-bond acceptors (Lipinski definition) is 0. The van der Waals surface area contributed by atoms with Gasteiger partial charge in [0.15, 0.2) is 0 Å². The first-order valence-electron chi connectivity index (χ1n) is 49.9. The highest BCUT2D eigenvalue weighted by Crippen LogP contribution is 2.63. The first-order valence-corrected chi connectivity index (χ1v) is 49.9. The Kier molecular flexibility index (Phi) is 29.0. The van der Waals surface area contributed by atoms with Crippen LogP contribution in [0.5, 0.6) is 0 Å². The highest BCUT2D eigenvalue weighted by Gasteiger charge is 2.53. The van der Waals surface area contributed by atoms with Crippen molar-refractivity contribution in [2.24, 2.45) is 210 Å². The minimum Gasteiger partial charge on any atom is -0.0651 e. The molecule has 0 amide bonds. The van der Waals surface area contributed by atoms with E-state index in [0.29, 0.717) is 10.8 Å². The van der Waals surface area contributed by atoms with Gasteiger partial charge in [-0.25, -0.2) is 0 Å². The molecule has 0 aromatic carbocycles. The van der Waals surface area contributed by atoms with Crippen LogP contribution in [-0.2, 0) is 0 Å². The third kappa shape index (κ3) is 20.1. The lowest BCUT2D eigenvalue weighted by molar-refractivity contribution is -0.0411. The molecule has 608 valence electrons. The Morgan fingerprint density at radius 3 is 0.905 bits per heavy atom. The zero-order chi connectivity index (χ0) is 75.0. The van der Waals surface area contributed by atoms with Gasteiger partial charge in [0.1, 0.15) is 0 Å². The predicted molar refractivity (Wildman–Crippen MR) is 459 cm³/mol. The number of fused-ring (bicyclic) bond motifs is 22. The van der Waals surface area contributed by atoms with Gasteiger partial charge in [-0.15, -0.1) is 0 Å². The van der Waals surface area contributed by atoms with E-state index in [1.165, 1.54) is 199 Å². The van der Waals surface area contributed by atoms with Crippen molar-refractivity contribution in [2.45, 2.75) is 453 Å². The summed E-state index contributed by atoms with van der Waals surface area (Å²) in [6, 6.07) is 0. The summed E-state index contributed by atoms with van der Waals surface area (Å²) in [4.78, 5) is 0. The fourth-order valence-corrected chi connectivity index (χ4v) is 32.8. The van der Waals surface area contributed by atoms with Crippen LogP contribution in [0.15, 0.2) is 0 Å². The normalized spacial score (nSPS) is 51.0. The molecule has 0 saturated heterocycles. The number of hydrogen-bond donors (Lipinski definition) is 0. The molecule has 27 rings (SSSR count). The zero-order valence-corrected chi connectivity index (χ0v) is 75.0. The standard InChI is InChI=1S/C11H18.C11H20.4C10H18.3C9H16.C8H14.C8H16/c1-11-5-8-2-9(6-11)4-10(3-8)7-11;1-8-9-4-6-10(7-5-9)11(8,2)3;1-7-8-4-5-9(6-8)10(7,2)3;1-8-7-9-3-5-10(8,2)6-4-9;1-7-8(2)10-5-3-9(7)4-6-10;1-3-9-6-8-4-5-10(9,2)7-8;1-7-5-8-3-4-9(7,2)6-8;1-6-7(2)9-4-3-8(6)5-9;1-7-6-8-2-4-9(7)5-3-8;1-6-4-7-2-3-8(6)5-7;1-2-8-6-4-3-5-7-8/h8-10H,2-7H2,1H3;8-10H,4-7H2,1-3H3;7-9H,4-6H2,1-3H3;8-9H,3-7H2,1-2H3;7-10H,3-6H2,1-2H3;8-9H,3-7H2,1-2H3;7-8H,3-6H2,1-2H3;6-9H,3-5H2,1-2H3;7-9H,2-6H2,1H3;6-8H,2-5H2,1H3;8H,2-7H2,1H3/t;8-,9?,10?;;8-,9?,10?;7-,8?,9?,10?;;;;7-,8?,9?;;/m.1.00...0../s1. The molecule has 0 aliphatic heterocycles. The smallest absolute Gasteiger partial charge is 0.0295 e. The second-order valence-corrected chi connectivity index (χ2v) is 48.6. The monoisotopic (exact) mass is 1450 g/mol. The number of rotatable bonds is 2.